The van der Waals surface area contributed by atoms with E-state index in [9.17, 15) is 4.79 Å². The van der Waals surface area contributed by atoms with Gasteiger partial charge >= 0.3 is 0 Å². The number of ketones is 1. The summed E-state index contributed by atoms with van der Waals surface area (Å²) in [6, 6.07) is 0. The van der Waals surface area contributed by atoms with Gasteiger partial charge in [0.25, 0.3) is 0 Å². The quantitative estimate of drug-likeness (QED) is 0.675. The van der Waals surface area contributed by atoms with Crippen molar-refractivity contribution in [3.05, 3.63) is 12.3 Å². The molecule has 78 valence electrons. The van der Waals surface area contributed by atoms with Crippen molar-refractivity contribution >= 4 is 5.78 Å². The van der Waals surface area contributed by atoms with Gasteiger partial charge in [-0.25, -0.2) is 0 Å². The van der Waals surface area contributed by atoms with E-state index in [-0.39, 0.29) is 11.9 Å². The maximum Gasteiger partial charge on any atom is 0.162 e. The smallest absolute Gasteiger partial charge is 0.162 e. The van der Waals surface area contributed by atoms with Crippen molar-refractivity contribution in [1.29, 1.82) is 0 Å². The molecule has 1 aliphatic heterocycles. The molecule has 1 saturated carbocycles. The van der Waals surface area contributed by atoms with Crippen LogP contribution >= 0.6 is 0 Å². The minimum absolute atomic E-state index is 0.163. The minimum atomic E-state index is 0.163. The molecular formula is C12H18O2. The van der Waals surface area contributed by atoms with Gasteiger partial charge in [0, 0.05) is 12.5 Å². The molecule has 14 heavy (non-hydrogen) atoms. The number of ether oxygens (including phenoxy) is 1. The Balaban J connectivity index is 1.79. The van der Waals surface area contributed by atoms with Crippen LogP contribution in [0.25, 0.3) is 0 Å². The lowest BCUT2D eigenvalue weighted by molar-refractivity contribution is -0.118. The van der Waals surface area contributed by atoms with Gasteiger partial charge in [-0.15, -0.1) is 0 Å². The van der Waals surface area contributed by atoms with Crippen LogP contribution in [-0.2, 0) is 9.53 Å². The summed E-state index contributed by atoms with van der Waals surface area (Å²) in [5.41, 5.74) is 0. The molecule has 0 saturated heterocycles. The van der Waals surface area contributed by atoms with Gasteiger partial charge < -0.3 is 4.74 Å². The van der Waals surface area contributed by atoms with Crippen LogP contribution in [0.15, 0.2) is 12.3 Å². The lowest BCUT2D eigenvalue weighted by atomic mass is 9.84. The molecular weight excluding hydrogens is 176 g/mol. The first-order chi connectivity index (χ1) is 6.84. The van der Waals surface area contributed by atoms with E-state index in [1.807, 2.05) is 0 Å². The first kappa shape index (κ1) is 9.75. The molecule has 1 fully saturated rings. The van der Waals surface area contributed by atoms with E-state index in [0.29, 0.717) is 6.42 Å². The van der Waals surface area contributed by atoms with Gasteiger partial charge in [-0.1, -0.05) is 32.1 Å². The second kappa shape index (κ2) is 4.63. The summed E-state index contributed by atoms with van der Waals surface area (Å²) in [5, 5.41) is 0. The molecule has 1 heterocycles. The predicted octanol–water partition coefficient (Wildman–Crippen LogP) is 2.83. The molecule has 2 rings (SSSR count). The van der Waals surface area contributed by atoms with Crippen molar-refractivity contribution in [2.45, 2.75) is 51.0 Å². The second-order valence-electron chi connectivity index (χ2n) is 4.47. The topological polar surface area (TPSA) is 26.3 Å². The molecule has 1 aliphatic carbocycles. The van der Waals surface area contributed by atoms with E-state index in [1.54, 1.807) is 6.26 Å². The van der Waals surface area contributed by atoms with Crippen LogP contribution in [0.2, 0.25) is 0 Å². The molecule has 2 nitrogen and oxygen atoms in total. The third kappa shape index (κ3) is 2.60. The molecule has 0 aromatic rings. The Labute approximate surface area is 85.3 Å². The summed E-state index contributed by atoms with van der Waals surface area (Å²) >= 11 is 0. The lowest BCUT2D eigenvalue weighted by Gasteiger charge is -2.26. The van der Waals surface area contributed by atoms with Gasteiger partial charge in [0.15, 0.2) is 5.78 Å². The average Bonchev–Trinajstić information content (AvgIpc) is 2.19. The van der Waals surface area contributed by atoms with Gasteiger partial charge in [-0.05, 0) is 12.3 Å². The third-order valence-corrected chi connectivity index (χ3v) is 3.27. The Morgan fingerprint density at radius 2 is 2.07 bits per heavy atom. The van der Waals surface area contributed by atoms with Gasteiger partial charge in [0.2, 0.25) is 0 Å². The first-order valence-electron chi connectivity index (χ1n) is 5.69. The van der Waals surface area contributed by atoms with Crippen LogP contribution in [0.1, 0.15) is 44.9 Å². The van der Waals surface area contributed by atoms with E-state index in [1.165, 1.54) is 38.2 Å². The van der Waals surface area contributed by atoms with Crippen molar-refractivity contribution in [2.75, 3.05) is 0 Å². The maximum absolute atomic E-state index is 11.1. The summed E-state index contributed by atoms with van der Waals surface area (Å²) in [6.07, 6.45) is 11.7. The molecule has 1 atom stereocenters. The number of hydrogen-bond acceptors (Lipinski definition) is 2. The van der Waals surface area contributed by atoms with Gasteiger partial charge in [-0.3, -0.25) is 4.79 Å². The zero-order valence-corrected chi connectivity index (χ0v) is 8.58. The normalized spacial score (nSPS) is 28.9. The fourth-order valence-corrected chi connectivity index (χ4v) is 2.50. The van der Waals surface area contributed by atoms with Crippen LogP contribution in [0.5, 0.6) is 0 Å². The summed E-state index contributed by atoms with van der Waals surface area (Å²) < 4.78 is 5.45. The highest BCUT2D eigenvalue weighted by molar-refractivity contribution is 5.90. The highest BCUT2D eigenvalue weighted by Crippen LogP contribution is 2.29. The predicted molar refractivity (Wildman–Crippen MR) is 54.8 cm³/mol. The Kier molecular flexibility index (Phi) is 3.22. The van der Waals surface area contributed by atoms with Gasteiger partial charge in [0.05, 0.1) is 6.26 Å². The van der Waals surface area contributed by atoms with Crippen molar-refractivity contribution in [1.82, 2.24) is 0 Å². The van der Waals surface area contributed by atoms with E-state index in [0.717, 1.165) is 12.3 Å². The molecule has 2 aliphatic rings. The van der Waals surface area contributed by atoms with Crippen LogP contribution in [-0.4, -0.2) is 11.9 Å². The number of carbonyl (C=O) groups is 1. The number of allylic oxidation sites excluding steroid dienone is 1. The van der Waals surface area contributed by atoms with E-state index >= 15 is 0 Å². The SMILES string of the molecule is O=C1C=COC(CC2CCCCC2)C1. The summed E-state index contributed by atoms with van der Waals surface area (Å²) in [6.45, 7) is 0. The monoisotopic (exact) mass is 194 g/mol. The Bertz CT molecular complexity index is 226. The van der Waals surface area contributed by atoms with E-state index in [4.69, 9.17) is 4.74 Å². The molecule has 0 amide bonds. The molecule has 0 bridgehead atoms. The second-order valence-corrected chi connectivity index (χ2v) is 4.47. The molecule has 0 radical (unpaired) electrons. The number of rotatable bonds is 2. The minimum Gasteiger partial charge on any atom is -0.497 e. The van der Waals surface area contributed by atoms with E-state index in [2.05, 4.69) is 0 Å². The van der Waals surface area contributed by atoms with Crippen molar-refractivity contribution < 1.29 is 9.53 Å². The maximum atomic E-state index is 11.1. The lowest BCUT2D eigenvalue weighted by Crippen LogP contribution is -2.23. The Morgan fingerprint density at radius 1 is 1.29 bits per heavy atom. The standard InChI is InChI=1S/C12H18O2/c13-11-6-7-14-12(9-11)8-10-4-2-1-3-5-10/h6-7,10,12H,1-5,8-9H2. The zero-order valence-electron chi connectivity index (χ0n) is 8.58. The van der Waals surface area contributed by atoms with Crippen LogP contribution in [0, 0.1) is 5.92 Å². The van der Waals surface area contributed by atoms with Gasteiger partial charge in [0.1, 0.15) is 6.10 Å². The Hall–Kier alpha value is -0.790. The fourth-order valence-electron chi connectivity index (χ4n) is 2.50. The molecule has 0 aromatic heterocycles. The van der Waals surface area contributed by atoms with E-state index < -0.39 is 0 Å². The Morgan fingerprint density at radius 3 is 2.79 bits per heavy atom. The fraction of sp³-hybridized carbons (Fsp3) is 0.750. The van der Waals surface area contributed by atoms with Crippen LogP contribution < -0.4 is 0 Å². The largest absolute Gasteiger partial charge is 0.497 e. The highest BCUT2D eigenvalue weighted by Gasteiger charge is 2.22. The third-order valence-electron chi connectivity index (χ3n) is 3.27. The summed E-state index contributed by atoms with van der Waals surface area (Å²) in [5.74, 6) is 1.02. The number of hydrogen-bond donors (Lipinski definition) is 0. The summed E-state index contributed by atoms with van der Waals surface area (Å²) in [4.78, 5) is 11.1. The molecule has 0 spiro atoms. The summed E-state index contributed by atoms with van der Waals surface area (Å²) in [7, 11) is 0. The van der Waals surface area contributed by atoms with Gasteiger partial charge in [-0.2, -0.15) is 0 Å². The zero-order chi connectivity index (χ0) is 9.80. The van der Waals surface area contributed by atoms with Crippen LogP contribution in [0.3, 0.4) is 0 Å². The molecule has 0 aromatic carbocycles. The number of carbonyl (C=O) groups excluding carboxylic acids is 1. The molecule has 2 heteroatoms. The van der Waals surface area contributed by atoms with Crippen molar-refractivity contribution in [3.8, 4) is 0 Å². The first-order valence-corrected chi connectivity index (χ1v) is 5.69. The molecule has 1 unspecified atom stereocenters. The van der Waals surface area contributed by atoms with Crippen molar-refractivity contribution in [2.24, 2.45) is 5.92 Å². The van der Waals surface area contributed by atoms with Crippen molar-refractivity contribution in [3.63, 3.8) is 0 Å². The highest BCUT2D eigenvalue weighted by atomic mass is 16.5. The van der Waals surface area contributed by atoms with Crippen LogP contribution in [0.4, 0.5) is 0 Å². The molecule has 0 N–H and O–H groups in total. The average molecular weight is 194 g/mol.